The molecule has 1 amide bonds. The number of hydrogen-bond donors (Lipinski definition) is 2. The monoisotopic (exact) mass is 336 g/mol. The van der Waals surface area contributed by atoms with Crippen molar-refractivity contribution in [1.82, 2.24) is 15.3 Å². The third-order valence-electron chi connectivity index (χ3n) is 4.01. The molecule has 0 saturated carbocycles. The van der Waals surface area contributed by atoms with Gasteiger partial charge < -0.3 is 11.1 Å². The first-order chi connectivity index (χ1) is 12.1. The molecule has 6 heteroatoms. The van der Waals surface area contributed by atoms with Crippen LogP contribution in [0.1, 0.15) is 33.1 Å². The highest BCUT2D eigenvalue weighted by Crippen LogP contribution is 2.28. The maximum Gasteiger partial charge on any atom is 0.255 e. The van der Waals surface area contributed by atoms with Crippen LogP contribution in [0, 0.1) is 12.7 Å². The molecule has 126 valence electrons. The Morgan fingerprint density at radius 1 is 1.16 bits per heavy atom. The number of nitrogens with zero attached hydrogens (tertiary/aromatic N) is 2. The van der Waals surface area contributed by atoms with E-state index in [1.807, 2.05) is 19.1 Å². The molecule has 3 rings (SSSR count). The highest BCUT2D eigenvalue weighted by atomic mass is 19.1. The van der Waals surface area contributed by atoms with Gasteiger partial charge in [0.1, 0.15) is 12.1 Å². The van der Waals surface area contributed by atoms with Gasteiger partial charge in [0.25, 0.3) is 5.91 Å². The van der Waals surface area contributed by atoms with Gasteiger partial charge >= 0.3 is 0 Å². The van der Waals surface area contributed by atoms with Crippen LogP contribution in [0.2, 0.25) is 0 Å². The molecule has 0 aliphatic heterocycles. The largest absolute Gasteiger partial charge is 0.399 e. The van der Waals surface area contributed by atoms with Crippen molar-refractivity contribution < 1.29 is 9.18 Å². The molecule has 0 radical (unpaired) electrons. The minimum Gasteiger partial charge on any atom is -0.399 e. The highest BCUT2D eigenvalue weighted by Gasteiger charge is 2.21. The van der Waals surface area contributed by atoms with E-state index in [-0.39, 0.29) is 11.7 Å². The Labute approximate surface area is 144 Å². The van der Waals surface area contributed by atoms with Crippen molar-refractivity contribution >= 4 is 11.6 Å². The van der Waals surface area contributed by atoms with Gasteiger partial charge in [0.2, 0.25) is 0 Å². The number of rotatable bonds is 4. The Balaban J connectivity index is 2.03. The van der Waals surface area contributed by atoms with E-state index in [0.717, 1.165) is 11.1 Å². The zero-order valence-corrected chi connectivity index (χ0v) is 13.6. The van der Waals surface area contributed by atoms with Gasteiger partial charge in [0, 0.05) is 18.1 Å². The van der Waals surface area contributed by atoms with Gasteiger partial charge in [-0.2, -0.15) is 0 Å². The number of anilines is 1. The van der Waals surface area contributed by atoms with Crippen LogP contribution in [0.4, 0.5) is 10.1 Å². The molecule has 0 saturated heterocycles. The maximum absolute atomic E-state index is 13.7. The van der Waals surface area contributed by atoms with E-state index in [1.165, 1.54) is 30.9 Å². The average molecular weight is 336 g/mol. The molecule has 0 aliphatic carbocycles. The lowest BCUT2D eigenvalue weighted by Crippen LogP contribution is -2.30. The van der Waals surface area contributed by atoms with Crippen LogP contribution in [0.5, 0.6) is 0 Å². The SMILES string of the molecule is Cc1c(N)cccc1C(NC(=O)c1cncnc1)c1cccc(F)c1. The van der Waals surface area contributed by atoms with E-state index < -0.39 is 6.04 Å². The second-order valence-corrected chi connectivity index (χ2v) is 5.65. The quantitative estimate of drug-likeness (QED) is 0.718. The van der Waals surface area contributed by atoms with Crippen molar-refractivity contribution in [3.05, 3.63) is 89.3 Å². The minimum atomic E-state index is -0.549. The number of halogens is 1. The number of aromatic nitrogens is 2. The van der Waals surface area contributed by atoms with Gasteiger partial charge in [-0.15, -0.1) is 0 Å². The first-order valence-corrected chi connectivity index (χ1v) is 7.72. The lowest BCUT2D eigenvalue weighted by Gasteiger charge is -2.22. The van der Waals surface area contributed by atoms with E-state index in [9.17, 15) is 9.18 Å². The summed E-state index contributed by atoms with van der Waals surface area (Å²) < 4.78 is 13.7. The first-order valence-electron chi connectivity index (χ1n) is 7.72. The molecular weight excluding hydrogens is 319 g/mol. The van der Waals surface area contributed by atoms with Crippen molar-refractivity contribution in [1.29, 1.82) is 0 Å². The summed E-state index contributed by atoms with van der Waals surface area (Å²) in [5.41, 5.74) is 9.19. The van der Waals surface area contributed by atoms with E-state index in [4.69, 9.17) is 5.73 Å². The van der Waals surface area contributed by atoms with Crippen LogP contribution in [-0.2, 0) is 0 Å². The molecule has 0 spiro atoms. The van der Waals surface area contributed by atoms with Crippen molar-refractivity contribution in [2.45, 2.75) is 13.0 Å². The molecular formula is C19H17FN4O. The fraction of sp³-hybridized carbons (Fsp3) is 0.105. The zero-order valence-electron chi connectivity index (χ0n) is 13.6. The second-order valence-electron chi connectivity index (χ2n) is 5.65. The average Bonchev–Trinajstić information content (AvgIpc) is 2.63. The van der Waals surface area contributed by atoms with E-state index in [0.29, 0.717) is 16.8 Å². The summed E-state index contributed by atoms with van der Waals surface area (Å²) in [6, 6.07) is 11.0. The first kappa shape index (κ1) is 16.6. The Hall–Kier alpha value is -3.28. The van der Waals surface area contributed by atoms with Crippen molar-refractivity contribution in [3.8, 4) is 0 Å². The van der Waals surface area contributed by atoms with Crippen molar-refractivity contribution in [3.63, 3.8) is 0 Å². The summed E-state index contributed by atoms with van der Waals surface area (Å²) in [5.74, 6) is -0.724. The van der Waals surface area contributed by atoms with Crippen LogP contribution in [0.15, 0.2) is 61.2 Å². The van der Waals surface area contributed by atoms with E-state index >= 15 is 0 Å². The summed E-state index contributed by atoms with van der Waals surface area (Å²) in [5, 5.41) is 2.92. The molecule has 3 aromatic rings. The molecule has 1 atom stereocenters. The summed E-state index contributed by atoms with van der Waals surface area (Å²) in [4.78, 5) is 20.3. The molecule has 25 heavy (non-hydrogen) atoms. The molecule has 0 aliphatic rings. The summed E-state index contributed by atoms with van der Waals surface area (Å²) in [6.45, 7) is 1.87. The second kappa shape index (κ2) is 7.09. The van der Waals surface area contributed by atoms with E-state index in [1.54, 1.807) is 18.2 Å². The third-order valence-corrected chi connectivity index (χ3v) is 4.01. The van der Waals surface area contributed by atoms with Crippen LogP contribution in [0.25, 0.3) is 0 Å². The molecule has 1 heterocycles. The molecule has 2 aromatic carbocycles. The molecule has 0 fully saturated rings. The summed E-state index contributed by atoms with van der Waals surface area (Å²) in [7, 11) is 0. The van der Waals surface area contributed by atoms with Crippen molar-refractivity contribution in [2.24, 2.45) is 0 Å². The number of benzene rings is 2. The lowest BCUT2D eigenvalue weighted by molar-refractivity contribution is 0.0942. The highest BCUT2D eigenvalue weighted by molar-refractivity contribution is 5.94. The standard InChI is InChI=1S/C19H17FN4O/c1-12-16(6-3-7-17(12)21)18(13-4-2-5-15(20)8-13)24-19(25)14-9-22-11-23-10-14/h2-11,18H,21H2,1H3,(H,24,25). The van der Waals surface area contributed by atoms with Crippen LogP contribution >= 0.6 is 0 Å². The topological polar surface area (TPSA) is 80.9 Å². The number of carbonyl (C=O) groups is 1. The summed E-state index contributed by atoms with van der Waals surface area (Å²) in [6.07, 6.45) is 4.21. The van der Waals surface area contributed by atoms with Gasteiger partial charge in [-0.25, -0.2) is 14.4 Å². The van der Waals surface area contributed by atoms with Gasteiger partial charge in [-0.05, 0) is 41.8 Å². The number of hydrogen-bond acceptors (Lipinski definition) is 4. The number of nitrogens with two attached hydrogens (primary N) is 1. The third kappa shape index (κ3) is 3.63. The fourth-order valence-corrected chi connectivity index (χ4v) is 2.64. The van der Waals surface area contributed by atoms with Gasteiger partial charge in [0.05, 0.1) is 11.6 Å². The van der Waals surface area contributed by atoms with Crippen molar-refractivity contribution in [2.75, 3.05) is 5.73 Å². The number of nitrogens with one attached hydrogen (secondary N) is 1. The fourth-order valence-electron chi connectivity index (χ4n) is 2.64. The van der Waals surface area contributed by atoms with E-state index in [2.05, 4.69) is 15.3 Å². The van der Waals surface area contributed by atoms with Gasteiger partial charge in [-0.1, -0.05) is 24.3 Å². The normalized spacial score (nSPS) is 11.8. The predicted octanol–water partition coefficient (Wildman–Crippen LogP) is 3.03. The number of carbonyl (C=O) groups excluding carboxylic acids is 1. The zero-order chi connectivity index (χ0) is 17.8. The maximum atomic E-state index is 13.7. The Morgan fingerprint density at radius 3 is 2.60 bits per heavy atom. The Kier molecular flexibility index (Phi) is 4.70. The molecule has 1 unspecified atom stereocenters. The van der Waals surface area contributed by atoms with Crippen LogP contribution in [-0.4, -0.2) is 15.9 Å². The molecule has 3 N–H and O–H groups in total. The molecule has 5 nitrogen and oxygen atoms in total. The number of nitrogen functional groups attached to an aromatic ring is 1. The molecule has 0 bridgehead atoms. The van der Waals surface area contributed by atoms with Crippen LogP contribution < -0.4 is 11.1 Å². The Morgan fingerprint density at radius 2 is 1.88 bits per heavy atom. The van der Waals surface area contributed by atoms with Crippen LogP contribution in [0.3, 0.4) is 0 Å². The predicted molar refractivity (Wildman–Crippen MR) is 93.3 cm³/mol. The Bertz CT molecular complexity index is 899. The number of amides is 1. The smallest absolute Gasteiger partial charge is 0.255 e. The molecule has 1 aromatic heterocycles. The minimum absolute atomic E-state index is 0.324. The van der Waals surface area contributed by atoms with Gasteiger partial charge in [0.15, 0.2) is 0 Å². The lowest BCUT2D eigenvalue weighted by atomic mass is 9.93. The summed E-state index contributed by atoms with van der Waals surface area (Å²) >= 11 is 0. The van der Waals surface area contributed by atoms with Gasteiger partial charge in [-0.3, -0.25) is 4.79 Å².